The van der Waals surface area contributed by atoms with Crippen LogP contribution >= 0.6 is 50.9 Å². The molecule has 2 aromatic rings. The molecular formula is C16H16BrCl2NS. The molecule has 2 rings (SSSR count). The van der Waals surface area contributed by atoms with Crippen LogP contribution in [-0.2, 0) is 6.54 Å². The first-order valence-electron chi connectivity index (χ1n) is 6.72. The first kappa shape index (κ1) is 17.2. The number of nitrogens with one attached hydrogen (secondary N) is 1. The molecule has 21 heavy (non-hydrogen) atoms. The van der Waals surface area contributed by atoms with E-state index >= 15 is 0 Å². The van der Waals surface area contributed by atoms with Crippen molar-refractivity contribution < 1.29 is 0 Å². The maximum Gasteiger partial charge on any atom is 0.0546 e. The highest BCUT2D eigenvalue weighted by molar-refractivity contribution is 9.10. The minimum absolute atomic E-state index is 0.696. The van der Waals surface area contributed by atoms with Gasteiger partial charge in [-0.25, -0.2) is 0 Å². The van der Waals surface area contributed by atoms with Crippen LogP contribution in [0.4, 0.5) is 0 Å². The third-order valence-corrected chi connectivity index (χ3v) is 5.35. The summed E-state index contributed by atoms with van der Waals surface area (Å²) in [7, 11) is 0. The Hall–Kier alpha value is -0.190. The van der Waals surface area contributed by atoms with Gasteiger partial charge in [-0.2, -0.15) is 0 Å². The van der Waals surface area contributed by atoms with E-state index < -0.39 is 0 Å². The highest BCUT2D eigenvalue weighted by atomic mass is 79.9. The number of hydrogen-bond donors (Lipinski definition) is 1. The van der Waals surface area contributed by atoms with E-state index in [0.29, 0.717) is 10.0 Å². The number of rotatable bonds is 6. The van der Waals surface area contributed by atoms with E-state index in [2.05, 4.69) is 46.4 Å². The lowest BCUT2D eigenvalue weighted by atomic mass is 10.2. The Kier molecular flexibility index (Phi) is 6.90. The van der Waals surface area contributed by atoms with Gasteiger partial charge in [0.15, 0.2) is 0 Å². The van der Waals surface area contributed by atoms with Crippen LogP contribution in [0, 0.1) is 0 Å². The summed E-state index contributed by atoms with van der Waals surface area (Å²) >= 11 is 17.5. The first-order chi connectivity index (χ1) is 10.1. The van der Waals surface area contributed by atoms with Crippen molar-refractivity contribution in [1.29, 1.82) is 0 Å². The summed E-state index contributed by atoms with van der Waals surface area (Å²) in [6, 6.07) is 11.9. The van der Waals surface area contributed by atoms with Crippen LogP contribution in [0.3, 0.4) is 0 Å². The summed E-state index contributed by atoms with van der Waals surface area (Å²) in [6.45, 7) is 4.06. The average Bonchev–Trinajstić information content (AvgIpc) is 2.45. The molecule has 1 N–H and O–H groups in total. The minimum atomic E-state index is 0.696. The van der Waals surface area contributed by atoms with Crippen LogP contribution in [0.5, 0.6) is 0 Å². The lowest BCUT2D eigenvalue weighted by Gasteiger charge is -2.09. The van der Waals surface area contributed by atoms with Crippen molar-refractivity contribution in [3.05, 3.63) is 56.5 Å². The van der Waals surface area contributed by atoms with Crippen molar-refractivity contribution in [3.8, 4) is 0 Å². The third kappa shape index (κ3) is 5.19. The second kappa shape index (κ2) is 8.44. The molecule has 0 aliphatic heterocycles. The Balaban J connectivity index is 2.11. The molecule has 0 saturated heterocycles. The molecule has 0 saturated carbocycles. The van der Waals surface area contributed by atoms with E-state index in [1.165, 1.54) is 5.56 Å². The zero-order valence-corrected chi connectivity index (χ0v) is 15.5. The molecule has 0 heterocycles. The van der Waals surface area contributed by atoms with Crippen molar-refractivity contribution in [2.24, 2.45) is 0 Å². The summed E-state index contributed by atoms with van der Waals surface area (Å²) in [4.78, 5) is 2.10. The van der Waals surface area contributed by atoms with Gasteiger partial charge in [0, 0.05) is 25.8 Å². The van der Waals surface area contributed by atoms with Crippen LogP contribution in [0.25, 0.3) is 0 Å². The quantitative estimate of drug-likeness (QED) is 0.558. The molecular weight excluding hydrogens is 389 g/mol. The van der Waals surface area contributed by atoms with Crippen molar-refractivity contribution in [1.82, 2.24) is 5.32 Å². The Bertz CT molecular complexity index is 619. The second-order valence-corrected chi connectivity index (χ2v) is 7.42. The maximum absolute atomic E-state index is 6.20. The predicted molar refractivity (Wildman–Crippen MR) is 96.7 cm³/mol. The van der Waals surface area contributed by atoms with Crippen LogP contribution < -0.4 is 5.32 Å². The zero-order chi connectivity index (χ0) is 15.2. The van der Waals surface area contributed by atoms with Gasteiger partial charge in [-0.05, 0) is 48.9 Å². The lowest BCUT2D eigenvalue weighted by Crippen LogP contribution is -2.14. The fraction of sp³-hybridized carbons (Fsp3) is 0.250. The molecule has 2 aromatic carbocycles. The Morgan fingerprint density at radius 1 is 1.14 bits per heavy atom. The summed E-state index contributed by atoms with van der Waals surface area (Å²) in [5.41, 5.74) is 1.25. The van der Waals surface area contributed by atoms with Crippen molar-refractivity contribution >= 4 is 50.9 Å². The largest absolute Gasteiger partial charge is 0.313 e. The molecule has 0 amide bonds. The molecule has 0 bridgehead atoms. The van der Waals surface area contributed by atoms with Gasteiger partial charge < -0.3 is 5.32 Å². The van der Waals surface area contributed by atoms with E-state index in [9.17, 15) is 0 Å². The van der Waals surface area contributed by atoms with Gasteiger partial charge in [-0.15, -0.1) is 0 Å². The van der Waals surface area contributed by atoms with Crippen LogP contribution in [-0.4, -0.2) is 6.54 Å². The monoisotopic (exact) mass is 403 g/mol. The third-order valence-electron chi connectivity index (χ3n) is 2.89. The molecule has 0 radical (unpaired) electrons. The molecule has 0 unspecified atom stereocenters. The topological polar surface area (TPSA) is 12.0 Å². The molecule has 0 aromatic heterocycles. The number of halogens is 3. The van der Waals surface area contributed by atoms with Crippen molar-refractivity contribution in [2.75, 3.05) is 6.54 Å². The highest BCUT2D eigenvalue weighted by Crippen LogP contribution is 2.36. The average molecular weight is 405 g/mol. The molecule has 112 valence electrons. The first-order valence-corrected chi connectivity index (χ1v) is 9.08. The van der Waals surface area contributed by atoms with Crippen LogP contribution in [0.2, 0.25) is 10.0 Å². The maximum atomic E-state index is 6.20. The van der Waals surface area contributed by atoms with Crippen LogP contribution in [0.1, 0.15) is 18.9 Å². The smallest absolute Gasteiger partial charge is 0.0546 e. The lowest BCUT2D eigenvalue weighted by molar-refractivity contribution is 0.673. The van der Waals surface area contributed by atoms with E-state index in [1.807, 2.05) is 12.1 Å². The van der Waals surface area contributed by atoms with Crippen molar-refractivity contribution in [2.45, 2.75) is 29.7 Å². The van der Waals surface area contributed by atoms with Gasteiger partial charge in [-0.3, -0.25) is 0 Å². The number of benzene rings is 2. The highest BCUT2D eigenvalue weighted by Gasteiger charge is 2.06. The summed E-state index contributed by atoms with van der Waals surface area (Å²) in [5, 5.41) is 4.82. The minimum Gasteiger partial charge on any atom is -0.313 e. The second-order valence-electron chi connectivity index (χ2n) is 4.61. The van der Waals surface area contributed by atoms with E-state index in [-0.39, 0.29) is 0 Å². The molecule has 0 aliphatic carbocycles. The summed E-state index contributed by atoms with van der Waals surface area (Å²) < 4.78 is 1.11. The molecule has 0 aliphatic rings. The molecule has 0 spiro atoms. The fourth-order valence-corrected chi connectivity index (χ4v) is 3.88. The molecule has 1 nitrogen and oxygen atoms in total. The Labute approximate surface area is 148 Å². The van der Waals surface area contributed by atoms with E-state index in [1.54, 1.807) is 17.8 Å². The van der Waals surface area contributed by atoms with Gasteiger partial charge in [0.1, 0.15) is 0 Å². The van der Waals surface area contributed by atoms with Gasteiger partial charge in [0.25, 0.3) is 0 Å². The van der Waals surface area contributed by atoms with Gasteiger partial charge in [0.05, 0.1) is 5.02 Å². The zero-order valence-electron chi connectivity index (χ0n) is 11.6. The fourth-order valence-electron chi connectivity index (χ4n) is 1.82. The Morgan fingerprint density at radius 2 is 1.95 bits per heavy atom. The molecule has 5 heteroatoms. The number of hydrogen-bond acceptors (Lipinski definition) is 2. The van der Waals surface area contributed by atoms with E-state index in [4.69, 9.17) is 23.2 Å². The normalized spacial score (nSPS) is 10.9. The predicted octanol–water partition coefficient (Wildman–Crippen LogP) is 6.41. The summed E-state index contributed by atoms with van der Waals surface area (Å²) in [6.07, 6.45) is 1.14. The van der Waals surface area contributed by atoms with Gasteiger partial charge in [-0.1, -0.05) is 63.9 Å². The van der Waals surface area contributed by atoms with Crippen LogP contribution in [0.15, 0.2) is 50.7 Å². The van der Waals surface area contributed by atoms with E-state index in [0.717, 1.165) is 33.8 Å². The van der Waals surface area contributed by atoms with Gasteiger partial charge in [0.2, 0.25) is 0 Å². The standard InChI is InChI=1S/C16H16BrCl2NS/c1-2-7-20-10-11-3-5-13(9-14(11)17)21-16-8-12(18)4-6-15(16)19/h3-6,8-9,20H,2,7,10H2,1H3. The summed E-state index contributed by atoms with van der Waals surface area (Å²) in [5.74, 6) is 0. The SMILES string of the molecule is CCCNCc1ccc(Sc2cc(Cl)ccc2Cl)cc1Br. The Morgan fingerprint density at radius 3 is 2.67 bits per heavy atom. The molecule has 0 atom stereocenters. The molecule has 0 fully saturated rings. The van der Waals surface area contributed by atoms with Gasteiger partial charge >= 0.3 is 0 Å². The van der Waals surface area contributed by atoms with Crippen molar-refractivity contribution in [3.63, 3.8) is 0 Å².